The van der Waals surface area contributed by atoms with Gasteiger partial charge in [-0.05, 0) is 48.4 Å². The van der Waals surface area contributed by atoms with Crippen LogP contribution in [0.3, 0.4) is 0 Å². The van der Waals surface area contributed by atoms with Crippen molar-refractivity contribution in [3.05, 3.63) is 100 Å². The highest BCUT2D eigenvalue weighted by Crippen LogP contribution is 2.45. The maximum Gasteiger partial charge on any atom is 0.273 e. The molecule has 0 aliphatic carbocycles. The number of rotatable bonds is 6. The van der Waals surface area contributed by atoms with Gasteiger partial charge in [0, 0.05) is 22.7 Å². The van der Waals surface area contributed by atoms with Gasteiger partial charge in [0.1, 0.15) is 22.9 Å². The van der Waals surface area contributed by atoms with E-state index in [0.717, 1.165) is 16.9 Å². The van der Waals surface area contributed by atoms with E-state index in [1.807, 2.05) is 66.4 Å². The number of aromatic amines is 1. The van der Waals surface area contributed by atoms with E-state index in [-0.39, 0.29) is 11.7 Å². The molecule has 0 spiro atoms. The molecule has 1 atom stereocenters. The molecule has 0 fully saturated rings. The second kappa shape index (κ2) is 8.64. The van der Waals surface area contributed by atoms with Crippen LogP contribution in [0.4, 0.5) is 0 Å². The van der Waals surface area contributed by atoms with Gasteiger partial charge in [-0.2, -0.15) is 5.10 Å². The number of aromatic hydroxyl groups is 1. The minimum absolute atomic E-state index is 0.0458. The number of nitrogens with one attached hydrogen (secondary N) is 1. The molecule has 7 heteroatoms. The standard InChI is InChI=1S/C26H22ClN3O3/c1-2-33-19-10-6-9-17(13-19)25-22-23(20-14-18(27)11-12-21(20)31)28-29-24(22)26(32)30(25)15-16-7-4-3-5-8-16/h3-14,25,31H,2,15H2,1H3,(H,28,29). The summed E-state index contributed by atoms with van der Waals surface area (Å²) in [6.07, 6.45) is 0. The molecule has 0 radical (unpaired) electrons. The number of aromatic nitrogens is 2. The third-order valence-corrected chi connectivity index (χ3v) is 5.99. The van der Waals surface area contributed by atoms with Gasteiger partial charge in [0.15, 0.2) is 0 Å². The maximum absolute atomic E-state index is 13.5. The molecule has 3 aromatic carbocycles. The minimum atomic E-state index is -0.416. The number of hydrogen-bond acceptors (Lipinski definition) is 4. The summed E-state index contributed by atoms with van der Waals surface area (Å²) >= 11 is 6.22. The molecule has 33 heavy (non-hydrogen) atoms. The summed E-state index contributed by atoms with van der Waals surface area (Å²) in [7, 11) is 0. The number of carbonyl (C=O) groups is 1. The Bertz CT molecular complexity index is 1320. The van der Waals surface area contributed by atoms with Gasteiger partial charge in [0.2, 0.25) is 0 Å². The van der Waals surface area contributed by atoms with E-state index in [2.05, 4.69) is 10.2 Å². The van der Waals surface area contributed by atoms with Gasteiger partial charge < -0.3 is 14.7 Å². The Balaban J connectivity index is 1.67. The molecule has 1 aliphatic heterocycles. The van der Waals surface area contributed by atoms with E-state index in [9.17, 15) is 9.90 Å². The highest BCUT2D eigenvalue weighted by molar-refractivity contribution is 6.31. The predicted octanol–water partition coefficient (Wildman–Crippen LogP) is 5.58. The first-order chi connectivity index (χ1) is 16.1. The summed E-state index contributed by atoms with van der Waals surface area (Å²) in [6, 6.07) is 22.0. The highest BCUT2D eigenvalue weighted by atomic mass is 35.5. The zero-order chi connectivity index (χ0) is 22.9. The molecule has 6 nitrogen and oxygen atoms in total. The smallest absolute Gasteiger partial charge is 0.273 e. The predicted molar refractivity (Wildman–Crippen MR) is 126 cm³/mol. The van der Waals surface area contributed by atoms with Crippen molar-refractivity contribution in [3.8, 4) is 22.8 Å². The van der Waals surface area contributed by atoms with Crippen molar-refractivity contribution in [2.24, 2.45) is 0 Å². The molecule has 1 aromatic heterocycles. The van der Waals surface area contributed by atoms with Crippen LogP contribution in [0.25, 0.3) is 11.3 Å². The van der Waals surface area contributed by atoms with Crippen molar-refractivity contribution in [3.63, 3.8) is 0 Å². The molecule has 1 amide bonds. The van der Waals surface area contributed by atoms with Gasteiger partial charge in [-0.25, -0.2) is 0 Å². The third kappa shape index (κ3) is 3.83. The van der Waals surface area contributed by atoms with Gasteiger partial charge in [0.05, 0.1) is 12.6 Å². The minimum Gasteiger partial charge on any atom is -0.507 e. The average Bonchev–Trinajstić information content (AvgIpc) is 3.36. The van der Waals surface area contributed by atoms with E-state index in [0.29, 0.717) is 40.7 Å². The first-order valence-corrected chi connectivity index (χ1v) is 11.1. The second-order valence-corrected chi connectivity index (χ2v) is 8.29. The largest absolute Gasteiger partial charge is 0.507 e. The van der Waals surface area contributed by atoms with E-state index >= 15 is 0 Å². The Hall–Kier alpha value is -3.77. The molecule has 2 heterocycles. The number of fused-ring (bicyclic) bond motifs is 1. The number of halogens is 1. The molecule has 166 valence electrons. The van der Waals surface area contributed by atoms with E-state index in [1.54, 1.807) is 12.1 Å². The van der Waals surface area contributed by atoms with Gasteiger partial charge in [-0.1, -0.05) is 54.1 Å². The van der Waals surface area contributed by atoms with Crippen LogP contribution >= 0.6 is 11.6 Å². The molecule has 1 aliphatic rings. The number of ether oxygens (including phenoxy) is 1. The highest BCUT2D eigenvalue weighted by Gasteiger charge is 2.42. The van der Waals surface area contributed by atoms with Crippen molar-refractivity contribution in [2.45, 2.75) is 19.5 Å². The van der Waals surface area contributed by atoms with Crippen LogP contribution in [0, 0.1) is 0 Å². The van der Waals surface area contributed by atoms with Crippen LogP contribution in [0.2, 0.25) is 5.02 Å². The van der Waals surface area contributed by atoms with Gasteiger partial charge in [-0.15, -0.1) is 0 Å². The summed E-state index contributed by atoms with van der Waals surface area (Å²) in [5.74, 6) is 0.622. The Morgan fingerprint density at radius 3 is 2.70 bits per heavy atom. The zero-order valence-corrected chi connectivity index (χ0v) is 18.7. The third-order valence-electron chi connectivity index (χ3n) is 5.76. The fourth-order valence-electron chi connectivity index (χ4n) is 4.33. The molecule has 4 aromatic rings. The summed E-state index contributed by atoms with van der Waals surface area (Å²) in [6.45, 7) is 2.90. The molecular formula is C26H22ClN3O3. The fourth-order valence-corrected chi connectivity index (χ4v) is 4.50. The van der Waals surface area contributed by atoms with Gasteiger partial charge >= 0.3 is 0 Å². The lowest BCUT2D eigenvalue weighted by Gasteiger charge is -2.27. The van der Waals surface area contributed by atoms with Crippen molar-refractivity contribution < 1.29 is 14.6 Å². The number of benzene rings is 3. The average molecular weight is 460 g/mol. The summed E-state index contributed by atoms with van der Waals surface area (Å²) in [5.41, 5.74) is 4.01. The first-order valence-electron chi connectivity index (χ1n) is 10.7. The molecule has 5 rings (SSSR count). The lowest BCUT2D eigenvalue weighted by atomic mass is 9.95. The Morgan fingerprint density at radius 1 is 1.09 bits per heavy atom. The van der Waals surface area contributed by atoms with E-state index in [1.165, 1.54) is 6.07 Å². The normalized spacial score (nSPS) is 15.0. The van der Waals surface area contributed by atoms with Crippen LogP contribution in [-0.4, -0.2) is 32.7 Å². The zero-order valence-electron chi connectivity index (χ0n) is 18.0. The number of hydrogen-bond donors (Lipinski definition) is 2. The number of phenols is 1. The van der Waals surface area contributed by atoms with Crippen LogP contribution in [0.15, 0.2) is 72.8 Å². The molecular weight excluding hydrogens is 438 g/mol. The van der Waals surface area contributed by atoms with E-state index < -0.39 is 6.04 Å². The second-order valence-electron chi connectivity index (χ2n) is 7.85. The van der Waals surface area contributed by atoms with Crippen molar-refractivity contribution in [1.29, 1.82) is 0 Å². The lowest BCUT2D eigenvalue weighted by molar-refractivity contribution is 0.0730. The Morgan fingerprint density at radius 2 is 1.91 bits per heavy atom. The summed E-state index contributed by atoms with van der Waals surface area (Å²) < 4.78 is 5.72. The van der Waals surface area contributed by atoms with Crippen LogP contribution in [0.1, 0.15) is 40.1 Å². The summed E-state index contributed by atoms with van der Waals surface area (Å²) in [5, 5.41) is 18.3. The molecule has 0 bridgehead atoms. The monoisotopic (exact) mass is 459 g/mol. The lowest BCUT2D eigenvalue weighted by Crippen LogP contribution is -2.29. The van der Waals surface area contributed by atoms with Crippen molar-refractivity contribution in [2.75, 3.05) is 6.61 Å². The topological polar surface area (TPSA) is 78.5 Å². The Kier molecular flexibility index (Phi) is 5.52. The molecule has 2 N–H and O–H groups in total. The number of amides is 1. The fraction of sp³-hybridized carbons (Fsp3) is 0.154. The maximum atomic E-state index is 13.5. The number of phenolic OH excluding ortho intramolecular Hbond substituents is 1. The molecule has 0 saturated heterocycles. The van der Waals surface area contributed by atoms with Crippen LogP contribution < -0.4 is 4.74 Å². The quantitative estimate of drug-likeness (QED) is 0.394. The SMILES string of the molecule is CCOc1cccc(C2c3c(-c4cc(Cl)ccc4O)n[nH]c3C(=O)N2Cc2ccccc2)c1. The van der Waals surface area contributed by atoms with Gasteiger partial charge in [0.25, 0.3) is 5.91 Å². The van der Waals surface area contributed by atoms with Crippen LogP contribution in [0.5, 0.6) is 11.5 Å². The Labute approximate surface area is 196 Å². The number of carbonyl (C=O) groups excluding carboxylic acids is 1. The molecule has 1 unspecified atom stereocenters. The number of H-pyrrole nitrogens is 1. The van der Waals surface area contributed by atoms with E-state index in [4.69, 9.17) is 16.3 Å². The van der Waals surface area contributed by atoms with Crippen LogP contribution in [-0.2, 0) is 6.54 Å². The summed E-state index contributed by atoms with van der Waals surface area (Å²) in [4.78, 5) is 15.3. The van der Waals surface area contributed by atoms with Gasteiger partial charge in [-0.3, -0.25) is 9.89 Å². The van der Waals surface area contributed by atoms with Crippen molar-refractivity contribution >= 4 is 17.5 Å². The first kappa shape index (κ1) is 21.1. The van der Waals surface area contributed by atoms with Crippen molar-refractivity contribution in [1.82, 2.24) is 15.1 Å². The number of nitrogens with zero attached hydrogens (tertiary/aromatic N) is 2. The molecule has 0 saturated carbocycles.